The third kappa shape index (κ3) is 9.51. The van der Waals surface area contributed by atoms with Crippen molar-refractivity contribution >= 4 is 21.8 Å². The van der Waals surface area contributed by atoms with Crippen LogP contribution in [0, 0.1) is 23.2 Å². The number of carbonyl (C=O) groups excluding carboxylic acids is 2. The van der Waals surface area contributed by atoms with Gasteiger partial charge in [-0.2, -0.15) is 0 Å². The second-order valence-electron chi connectivity index (χ2n) is 11.8. The van der Waals surface area contributed by atoms with Crippen molar-refractivity contribution in [1.82, 2.24) is 10.6 Å². The van der Waals surface area contributed by atoms with Gasteiger partial charge >= 0.3 is 0 Å². The van der Waals surface area contributed by atoms with E-state index in [-0.39, 0.29) is 16.7 Å². The SMILES string of the molecule is NS(=O)(=O)c1ccc(C(=O)NCCCOCCOCCOCCCNC(=O)CC23CC4CC(CC(C4)C2)C3)cc1. The summed E-state index contributed by atoms with van der Waals surface area (Å²) >= 11 is 0. The monoisotopic (exact) mass is 579 g/mol. The standard InChI is InChI=1S/C29H45N3O7S/c30-40(35,36)26-5-3-25(4-6-26)28(34)32-8-2-10-38-12-14-39-13-11-37-9-1-7-31-27(33)21-29-18-22-15-23(19-29)17-24(16-22)20-29/h3-6,22-24H,1-2,7-21H2,(H,31,33)(H,32,34)(H2,30,35,36). The lowest BCUT2D eigenvalue weighted by atomic mass is 9.49. The summed E-state index contributed by atoms with van der Waals surface area (Å²) in [5.41, 5.74) is 0.655. The molecule has 0 heterocycles. The maximum absolute atomic E-state index is 12.6. The van der Waals surface area contributed by atoms with Gasteiger partial charge in [0.2, 0.25) is 15.9 Å². The third-order valence-corrected chi connectivity index (χ3v) is 9.36. The van der Waals surface area contributed by atoms with Gasteiger partial charge in [-0.1, -0.05) is 0 Å². The van der Waals surface area contributed by atoms with Crippen molar-refractivity contribution in [1.29, 1.82) is 0 Å². The molecule has 4 bridgehead atoms. The topological polar surface area (TPSA) is 146 Å². The molecule has 0 radical (unpaired) electrons. The molecule has 1 aromatic rings. The molecule has 2 amide bonds. The Bertz CT molecular complexity index is 1040. The van der Waals surface area contributed by atoms with Crippen LogP contribution in [0.15, 0.2) is 29.2 Å². The Morgan fingerprint density at radius 3 is 1.75 bits per heavy atom. The van der Waals surface area contributed by atoms with Gasteiger partial charge in [-0.3, -0.25) is 9.59 Å². The predicted octanol–water partition coefficient (Wildman–Crippen LogP) is 2.62. The summed E-state index contributed by atoms with van der Waals surface area (Å²) < 4.78 is 39.1. The highest BCUT2D eigenvalue weighted by atomic mass is 32.2. The van der Waals surface area contributed by atoms with Crippen molar-refractivity contribution in [2.45, 2.75) is 62.7 Å². The van der Waals surface area contributed by atoms with Crippen LogP contribution in [0.25, 0.3) is 0 Å². The molecule has 5 rings (SSSR count). The van der Waals surface area contributed by atoms with E-state index in [2.05, 4.69) is 10.6 Å². The van der Waals surface area contributed by atoms with Gasteiger partial charge in [-0.05, 0) is 98.8 Å². The zero-order valence-electron chi connectivity index (χ0n) is 23.4. The molecular formula is C29H45N3O7S. The van der Waals surface area contributed by atoms with Crippen LogP contribution in [0.3, 0.4) is 0 Å². The smallest absolute Gasteiger partial charge is 0.251 e. The zero-order chi connectivity index (χ0) is 28.4. The number of amides is 2. The maximum Gasteiger partial charge on any atom is 0.251 e. The summed E-state index contributed by atoms with van der Waals surface area (Å²) in [6, 6.07) is 5.46. The molecule has 11 heteroatoms. The molecule has 4 fully saturated rings. The summed E-state index contributed by atoms with van der Waals surface area (Å²) in [7, 11) is -3.78. The van der Waals surface area contributed by atoms with Crippen LogP contribution < -0.4 is 15.8 Å². The van der Waals surface area contributed by atoms with E-state index >= 15 is 0 Å². The van der Waals surface area contributed by atoms with Gasteiger partial charge in [0.15, 0.2) is 0 Å². The third-order valence-electron chi connectivity index (χ3n) is 8.43. The number of sulfonamides is 1. The molecule has 1 aromatic carbocycles. The van der Waals surface area contributed by atoms with Crippen LogP contribution in [0.4, 0.5) is 0 Å². The highest BCUT2D eigenvalue weighted by Crippen LogP contribution is 2.61. The summed E-state index contributed by atoms with van der Waals surface area (Å²) in [4.78, 5) is 24.6. The van der Waals surface area contributed by atoms with Crippen molar-refractivity contribution in [3.05, 3.63) is 29.8 Å². The van der Waals surface area contributed by atoms with Crippen LogP contribution >= 0.6 is 0 Å². The van der Waals surface area contributed by atoms with Crippen molar-refractivity contribution in [3.8, 4) is 0 Å². The lowest BCUT2D eigenvalue weighted by molar-refractivity contribution is -0.129. The first-order valence-electron chi connectivity index (χ1n) is 14.6. The van der Waals surface area contributed by atoms with E-state index in [9.17, 15) is 18.0 Å². The molecule has 0 aliphatic heterocycles. The van der Waals surface area contributed by atoms with Crippen LogP contribution in [0.1, 0.15) is 68.1 Å². The Morgan fingerprint density at radius 2 is 1.25 bits per heavy atom. The number of hydrogen-bond acceptors (Lipinski definition) is 7. The van der Waals surface area contributed by atoms with Crippen LogP contribution in [0.5, 0.6) is 0 Å². The molecule has 0 unspecified atom stereocenters. The van der Waals surface area contributed by atoms with Gasteiger partial charge in [0.1, 0.15) is 0 Å². The average molecular weight is 580 g/mol. The second-order valence-corrected chi connectivity index (χ2v) is 13.4. The fourth-order valence-electron chi connectivity index (χ4n) is 7.13. The average Bonchev–Trinajstić information content (AvgIpc) is 2.89. The molecule has 4 aliphatic carbocycles. The van der Waals surface area contributed by atoms with Crippen molar-refractivity contribution in [2.24, 2.45) is 28.3 Å². The molecule has 4 N–H and O–H groups in total. The van der Waals surface area contributed by atoms with E-state index in [0.29, 0.717) is 76.6 Å². The van der Waals surface area contributed by atoms with Crippen LogP contribution in [0.2, 0.25) is 0 Å². The number of rotatable bonds is 18. The minimum Gasteiger partial charge on any atom is -0.379 e. The molecular weight excluding hydrogens is 534 g/mol. The minimum atomic E-state index is -3.78. The van der Waals surface area contributed by atoms with Gasteiger partial charge in [0.05, 0.1) is 31.3 Å². The summed E-state index contributed by atoms with van der Waals surface area (Å²) in [6.45, 7) is 4.09. The van der Waals surface area contributed by atoms with Gasteiger partial charge in [-0.25, -0.2) is 13.6 Å². The number of nitrogens with two attached hydrogens (primary N) is 1. The number of carbonyl (C=O) groups is 2. The molecule has 0 atom stereocenters. The summed E-state index contributed by atoms with van der Waals surface area (Å²) in [5.74, 6) is 2.55. The largest absolute Gasteiger partial charge is 0.379 e. The van der Waals surface area contributed by atoms with Gasteiger partial charge in [0.25, 0.3) is 5.91 Å². The molecule has 4 aliphatic rings. The summed E-state index contributed by atoms with van der Waals surface area (Å²) in [5, 5.41) is 10.9. The Morgan fingerprint density at radius 1 is 0.775 bits per heavy atom. The van der Waals surface area contributed by atoms with E-state index < -0.39 is 10.0 Å². The number of nitrogens with one attached hydrogen (secondary N) is 2. The lowest BCUT2D eigenvalue weighted by Gasteiger charge is -2.56. The van der Waals surface area contributed by atoms with Crippen LogP contribution in [-0.4, -0.2) is 73.0 Å². The quantitative estimate of drug-likeness (QED) is 0.227. The van der Waals surface area contributed by atoms with E-state index in [1.165, 1.54) is 62.8 Å². The Hall–Kier alpha value is -2.05. The van der Waals surface area contributed by atoms with E-state index in [0.717, 1.165) is 24.2 Å². The van der Waals surface area contributed by atoms with Gasteiger partial charge in [-0.15, -0.1) is 0 Å². The number of hydrogen-bond donors (Lipinski definition) is 3. The lowest BCUT2D eigenvalue weighted by Crippen LogP contribution is -2.48. The van der Waals surface area contributed by atoms with Gasteiger partial charge in [0, 0.05) is 38.3 Å². The molecule has 4 saturated carbocycles. The van der Waals surface area contributed by atoms with Gasteiger partial charge < -0.3 is 24.8 Å². The molecule has 224 valence electrons. The normalized spacial score (nSPS) is 25.2. The molecule has 10 nitrogen and oxygen atoms in total. The molecule has 0 saturated heterocycles. The van der Waals surface area contributed by atoms with E-state index in [4.69, 9.17) is 19.3 Å². The predicted molar refractivity (Wildman–Crippen MR) is 150 cm³/mol. The molecule has 0 spiro atoms. The fraction of sp³-hybridized carbons (Fsp3) is 0.724. The summed E-state index contributed by atoms with van der Waals surface area (Å²) in [6.07, 6.45) is 10.2. The fourth-order valence-corrected chi connectivity index (χ4v) is 7.64. The number of ether oxygens (including phenoxy) is 3. The first-order valence-corrected chi connectivity index (χ1v) is 16.2. The number of primary sulfonamides is 1. The molecule has 0 aromatic heterocycles. The Balaban J connectivity index is 0.907. The highest BCUT2D eigenvalue weighted by molar-refractivity contribution is 7.89. The van der Waals surface area contributed by atoms with Crippen LogP contribution in [-0.2, 0) is 29.0 Å². The Labute approximate surface area is 238 Å². The number of benzene rings is 1. The molecule has 40 heavy (non-hydrogen) atoms. The first kappa shape index (κ1) is 30.9. The van der Waals surface area contributed by atoms with Crippen molar-refractivity contribution in [2.75, 3.05) is 52.7 Å². The van der Waals surface area contributed by atoms with Crippen molar-refractivity contribution < 1.29 is 32.2 Å². The highest BCUT2D eigenvalue weighted by Gasteiger charge is 2.51. The zero-order valence-corrected chi connectivity index (χ0v) is 24.2. The first-order chi connectivity index (χ1) is 19.2. The Kier molecular flexibility index (Phi) is 11.4. The van der Waals surface area contributed by atoms with Crippen molar-refractivity contribution in [3.63, 3.8) is 0 Å². The van der Waals surface area contributed by atoms with E-state index in [1.54, 1.807) is 0 Å². The van der Waals surface area contributed by atoms with E-state index in [1.807, 2.05) is 0 Å². The maximum atomic E-state index is 12.6. The minimum absolute atomic E-state index is 0.0337. The second kappa shape index (κ2) is 14.7.